The number of hydrogen-bond acceptors (Lipinski definition) is 8. The average molecular weight is 528 g/mol. The molecule has 0 aliphatic heterocycles. The van der Waals surface area contributed by atoms with E-state index in [1.54, 1.807) is 13.8 Å². The largest absolute Gasteiger partial charge is 0.345 e. The van der Waals surface area contributed by atoms with E-state index in [9.17, 15) is 33.6 Å². The number of nitrogens with two attached hydrogens (primary N) is 1. The lowest BCUT2D eigenvalue weighted by molar-refractivity contribution is -0.135. The van der Waals surface area contributed by atoms with Crippen LogP contribution in [0.3, 0.4) is 0 Å². The molecule has 0 saturated carbocycles. The van der Waals surface area contributed by atoms with Gasteiger partial charge in [0.2, 0.25) is 35.4 Å². The van der Waals surface area contributed by atoms with Crippen molar-refractivity contribution in [3.63, 3.8) is 0 Å². The number of rotatable bonds is 14. The third kappa shape index (κ3) is 11.8. The van der Waals surface area contributed by atoms with Gasteiger partial charge in [0, 0.05) is 0 Å². The Labute approximate surface area is 217 Å². The summed E-state index contributed by atoms with van der Waals surface area (Å²) in [6.45, 7) is 12.0. The van der Waals surface area contributed by atoms with E-state index in [4.69, 9.17) is 5.73 Å². The van der Waals surface area contributed by atoms with Crippen molar-refractivity contribution in [2.45, 2.75) is 97.7 Å². The van der Waals surface area contributed by atoms with Crippen LogP contribution in [0.5, 0.6) is 0 Å². The minimum Gasteiger partial charge on any atom is -0.345 e. The van der Waals surface area contributed by atoms with Crippen LogP contribution in [0.4, 0.5) is 0 Å². The van der Waals surface area contributed by atoms with E-state index < -0.39 is 77.7 Å². The van der Waals surface area contributed by atoms with Crippen LogP contribution in [0.1, 0.15) is 55.4 Å². The number of carbonyl (C=O) groups excluding carboxylic acids is 7. The molecular formula is C23H41N7O7. The lowest BCUT2D eigenvalue weighted by atomic mass is 10.0. The van der Waals surface area contributed by atoms with Crippen LogP contribution in [-0.2, 0) is 33.6 Å². The van der Waals surface area contributed by atoms with Gasteiger partial charge >= 0.3 is 0 Å². The standard InChI is InChI=1S/C23H41N7O7/c1-10(2)17(23(37)29-13(5)19(33)25-11(3)9-31)30-22(36)16(8)28-21(35)15(7)27-20(34)14(6)26-18(32)12(4)24/h9-17H,24H2,1-8H3,(H,25,33)(H,26,32)(H,27,34)(H,28,35)(H,29,37)(H,30,36)/t11-,12-,13-,14-,15-,16-,17-/m0/s1. The Bertz CT molecular complexity index is 862. The molecule has 14 heteroatoms. The van der Waals surface area contributed by atoms with E-state index in [1.165, 1.54) is 41.5 Å². The Hall–Kier alpha value is -3.55. The van der Waals surface area contributed by atoms with Crippen molar-refractivity contribution in [3.05, 3.63) is 0 Å². The lowest BCUT2D eigenvalue weighted by Gasteiger charge is -2.26. The van der Waals surface area contributed by atoms with Gasteiger partial charge in [-0.1, -0.05) is 13.8 Å². The summed E-state index contributed by atoms with van der Waals surface area (Å²) in [4.78, 5) is 84.5. The molecule has 0 aliphatic carbocycles. The lowest BCUT2D eigenvalue weighted by Crippen LogP contribution is -2.59. The van der Waals surface area contributed by atoms with Crippen molar-refractivity contribution in [2.75, 3.05) is 0 Å². The molecule has 0 fully saturated rings. The summed E-state index contributed by atoms with van der Waals surface area (Å²) >= 11 is 0. The van der Waals surface area contributed by atoms with E-state index in [1.807, 2.05) is 0 Å². The van der Waals surface area contributed by atoms with E-state index in [2.05, 4.69) is 31.9 Å². The van der Waals surface area contributed by atoms with Crippen LogP contribution in [-0.4, -0.2) is 84.0 Å². The smallest absolute Gasteiger partial charge is 0.243 e. The van der Waals surface area contributed by atoms with Crippen molar-refractivity contribution < 1.29 is 33.6 Å². The molecule has 7 atom stereocenters. The highest BCUT2D eigenvalue weighted by Gasteiger charge is 2.30. The zero-order valence-electron chi connectivity index (χ0n) is 22.6. The molecule has 0 radical (unpaired) electrons. The number of nitrogens with one attached hydrogen (secondary N) is 6. The highest BCUT2D eigenvalue weighted by atomic mass is 16.2. The predicted molar refractivity (Wildman–Crippen MR) is 135 cm³/mol. The molecule has 37 heavy (non-hydrogen) atoms. The number of aldehydes is 1. The number of carbonyl (C=O) groups is 7. The monoisotopic (exact) mass is 527 g/mol. The maximum absolute atomic E-state index is 12.7. The summed E-state index contributed by atoms with van der Waals surface area (Å²) in [6.07, 6.45) is 0.548. The van der Waals surface area contributed by atoms with Gasteiger partial charge in [-0.15, -0.1) is 0 Å². The highest BCUT2D eigenvalue weighted by molar-refractivity contribution is 5.96. The third-order valence-corrected chi connectivity index (χ3v) is 5.24. The Morgan fingerprint density at radius 2 is 0.838 bits per heavy atom. The molecule has 8 N–H and O–H groups in total. The molecule has 0 aliphatic rings. The van der Waals surface area contributed by atoms with E-state index in [0.717, 1.165) is 0 Å². The summed E-state index contributed by atoms with van der Waals surface area (Å²) in [5, 5.41) is 14.7. The second-order valence-corrected chi connectivity index (χ2v) is 9.37. The van der Waals surface area contributed by atoms with Crippen LogP contribution in [0.15, 0.2) is 0 Å². The predicted octanol–water partition coefficient (Wildman–Crippen LogP) is -2.80. The fourth-order valence-corrected chi connectivity index (χ4v) is 2.78. The summed E-state index contributed by atoms with van der Waals surface area (Å²) in [5.74, 6) is -4.02. The number of amides is 6. The minimum atomic E-state index is -1.06. The quantitative estimate of drug-likeness (QED) is 0.117. The van der Waals surface area contributed by atoms with Crippen LogP contribution >= 0.6 is 0 Å². The van der Waals surface area contributed by atoms with Gasteiger partial charge in [0.25, 0.3) is 0 Å². The summed E-state index contributed by atoms with van der Waals surface area (Å²) < 4.78 is 0. The minimum absolute atomic E-state index is 0.359. The van der Waals surface area contributed by atoms with Crippen molar-refractivity contribution >= 4 is 41.7 Å². The van der Waals surface area contributed by atoms with Gasteiger partial charge in [-0.3, -0.25) is 28.8 Å². The van der Waals surface area contributed by atoms with E-state index in [-0.39, 0.29) is 5.92 Å². The first-order valence-electron chi connectivity index (χ1n) is 12.0. The first kappa shape index (κ1) is 33.4. The highest BCUT2D eigenvalue weighted by Crippen LogP contribution is 2.04. The maximum Gasteiger partial charge on any atom is 0.243 e. The van der Waals surface area contributed by atoms with Gasteiger partial charge in [0.1, 0.15) is 36.5 Å². The van der Waals surface area contributed by atoms with E-state index >= 15 is 0 Å². The van der Waals surface area contributed by atoms with Crippen molar-refractivity contribution in [1.29, 1.82) is 0 Å². The average Bonchev–Trinajstić information content (AvgIpc) is 2.80. The molecule has 0 rings (SSSR count). The van der Waals surface area contributed by atoms with Crippen LogP contribution in [0.2, 0.25) is 0 Å². The summed E-state index contributed by atoms with van der Waals surface area (Å²) in [6, 6.07) is -6.54. The van der Waals surface area contributed by atoms with Crippen molar-refractivity contribution in [3.8, 4) is 0 Å². The molecule has 210 valence electrons. The first-order valence-corrected chi connectivity index (χ1v) is 12.0. The Kier molecular flexibility index (Phi) is 14.0. The molecule has 0 unspecified atom stereocenters. The van der Waals surface area contributed by atoms with Crippen molar-refractivity contribution in [2.24, 2.45) is 11.7 Å². The second kappa shape index (κ2) is 15.5. The molecule has 0 heterocycles. The zero-order chi connectivity index (χ0) is 29.0. The first-order chi connectivity index (χ1) is 17.0. The second-order valence-electron chi connectivity index (χ2n) is 9.37. The Morgan fingerprint density at radius 1 is 0.514 bits per heavy atom. The molecule has 0 aromatic rings. The fraction of sp³-hybridized carbons (Fsp3) is 0.696. The molecule has 6 amide bonds. The fourth-order valence-electron chi connectivity index (χ4n) is 2.78. The third-order valence-electron chi connectivity index (χ3n) is 5.24. The molecule has 0 aromatic heterocycles. The molecular weight excluding hydrogens is 486 g/mol. The van der Waals surface area contributed by atoms with Crippen LogP contribution in [0.25, 0.3) is 0 Å². The molecule has 0 spiro atoms. The molecule has 0 bridgehead atoms. The SMILES string of the molecule is CC(C)[C@H](NC(=O)[C@H](C)NC(=O)[C@H](C)NC(=O)[C@H](C)NC(=O)[C@H](C)N)C(=O)N[C@@H](C)C(=O)N[C@@H](C)C=O. The zero-order valence-corrected chi connectivity index (χ0v) is 22.6. The van der Waals surface area contributed by atoms with Crippen LogP contribution in [0, 0.1) is 5.92 Å². The Balaban J connectivity index is 4.98. The van der Waals surface area contributed by atoms with E-state index in [0.29, 0.717) is 6.29 Å². The van der Waals surface area contributed by atoms with Gasteiger partial charge in [0.05, 0.1) is 12.1 Å². The van der Waals surface area contributed by atoms with Gasteiger partial charge in [-0.2, -0.15) is 0 Å². The van der Waals surface area contributed by atoms with Gasteiger partial charge in [-0.25, -0.2) is 0 Å². The Morgan fingerprint density at radius 3 is 1.19 bits per heavy atom. The topological polar surface area (TPSA) is 218 Å². The summed E-state index contributed by atoms with van der Waals surface area (Å²) in [7, 11) is 0. The molecule has 0 aromatic carbocycles. The number of hydrogen-bond donors (Lipinski definition) is 7. The summed E-state index contributed by atoms with van der Waals surface area (Å²) in [5.41, 5.74) is 5.45. The maximum atomic E-state index is 12.7. The molecule has 0 saturated heterocycles. The van der Waals surface area contributed by atoms with Gasteiger partial charge in [-0.05, 0) is 47.5 Å². The van der Waals surface area contributed by atoms with Gasteiger partial charge < -0.3 is 42.4 Å². The molecule has 14 nitrogen and oxygen atoms in total. The van der Waals surface area contributed by atoms with Crippen molar-refractivity contribution in [1.82, 2.24) is 31.9 Å². The van der Waals surface area contributed by atoms with Gasteiger partial charge in [0.15, 0.2) is 0 Å². The van der Waals surface area contributed by atoms with Crippen LogP contribution < -0.4 is 37.6 Å². The normalized spacial score (nSPS) is 16.5.